The maximum absolute atomic E-state index is 12.4. The van der Waals surface area contributed by atoms with Crippen molar-refractivity contribution in [3.8, 4) is 17.0 Å². The Kier molecular flexibility index (Phi) is 5.21. The summed E-state index contributed by atoms with van der Waals surface area (Å²) in [5.74, 6) is 0.599. The monoisotopic (exact) mass is 378 g/mol. The largest absolute Gasteiger partial charge is 0.494 e. The van der Waals surface area contributed by atoms with Gasteiger partial charge in [0.1, 0.15) is 5.75 Å². The minimum atomic E-state index is -0.163. The van der Waals surface area contributed by atoms with Gasteiger partial charge in [0.2, 0.25) is 0 Å². The molecule has 1 aliphatic rings. The molecule has 5 heteroatoms. The van der Waals surface area contributed by atoms with Gasteiger partial charge in [-0.1, -0.05) is 12.1 Å². The zero-order valence-corrected chi connectivity index (χ0v) is 16.1. The molecule has 1 aromatic heterocycles. The number of ether oxygens (including phenoxy) is 1. The predicted molar refractivity (Wildman–Crippen MR) is 110 cm³/mol. The fourth-order valence-corrected chi connectivity index (χ4v) is 4.11. The number of aromatic nitrogens is 1. The molecule has 138 valence electrons. The first-order chi connectivity index (χ1) is 13.2. The molecule has 0 fully saturated rings. The molecule has 0 radical (unpaired) electrons. The van der Waals surface area contributed by atoms with Crippen molar-refractivity contribution in [2.45, 2.75) is 32.6 Å². The topological polar surface area (TPSA) is 51.2 Å². The molecule has 4 rings (SSSR count). The number of hydrogen-bond donors (Lipinski definition) is 1. The molecule has 1 amide bonds. The number of carbonyl (C=O) groups is 1. The number of nitrogens with one attached hydrogen (secondary N) is 1. The van der Waals surface area contributed by atoms with E-state index in [1.165, 1.54) is 41.7 Å². The Balaban J connectivity index is 1.47. The van der Waals surface area contributed by atoms with Crippen LogP contribution in [0.4, 0.5) is 5.13 Å². The van der Waals surface area contributed by atoms with Crippen LogP contribution in [0, 0.1) is 0 Å². The highest BCUT2D eigenvalue weighted by Crippen LogP contribution is 2.29. The molecule has 1 N–H and O–H groups in total. The Labute approximate surface area is 163 Å². The normalized spacial score (nSPS) is 13.1. The van der Waals surface area contributed by atoms with E-state index in [0.29, 0.717) is 17.3 Å². The Hall–Kier alpha value is -2.66. The van der Waals surface area contributed by atoms with E-state index in [1.807, 2.05) is 12.3 Å². The van der Waals surface area contributed by atoms with Gasteiger partial charge in [0.05, 0.1) is 12.3 Å². The van der Waals surface area contributed by atoms with Crippen molar-refractivity contribution < 1.29 is 9.53 Å². The number of benzene rings is 2. The maximum Gasteiger partial charge on any atom is 0.257 e. The van der Waals surface area contributed by atoms with Gasteiger partial charge in [-0.25, -0.2) is 4.98 Å². The molecule has 2 aromatic carbocycles. The first-order valence-electron chi connectivity index (χ1n) is 9.35. The molecule has 1 heterocycles. The van der Waals surface area contributed by atoms with E-state index < -0.39 is 0 Å². The van der Waals surface area contributed by atoms with Crippen LogP contribution in [-0.4, -0.2) is 17.5 Å². The summed E-state index contributed by atoms with van der Waals surface area (Å²) in [5, 5.41) is 5.50. The number of thiazole rings is 1. The lowest BCUT2D eigenvalue weighted by Gasteiger charge is -2.16. The molecule has 1 aliphatic carbocycles. The molecule has 3 aromatic rings. The highest BCUT2D eigenvalue weighted by molar-refractivity contribution is 7.14. The maximum atomic E-state index is 12.4. The molecule has 4 nitrogen and oxygen atoms in total. The van der Waals surface area contributed by atoms with Gasteiger partial charge in [-0.3, -0.25) is 10.1 Å². The van der Waals surface area contributed by atoms with Crippen LogP contribution >= 0.6 is 11.3 Å². The van der Waals surface area contributed by atoms with Crippen LogP contribution < -0.4 is 10.1 Å². The second kappa shape index (κ2) is 7.92. The molecule has 27 heavy (non-hydrogen) atoms. The molecular weight excluding hydrogens is 356 g/mol. The SMILES string of the molecule is CCOc1ccc(C(=O)Nc2nc(-c3ccc4c(c3)CCCC4)cs2)cc1. The second-order valence-corrected chi connectivity index (χ2v) is 7.50. The van der Waals surface area contributed by atoms with Crippen LogP contribution in [0.1, 0.15) is 41.3 Å². The third kappa shape index (κ3) is 4.03. The Bertz CT molecular complexity index is 947. The van der Waals surface area contributed by atoms with Gasteiger partial charge in [-0.15, -0.1) is 11.3 Å². The van der Waals surface area contributed by atoms with Crippen LogP contribution in [0.25, 0.3) is 11.3 Å². The molecule has 0 unspecified atom stereocenters. The fraction of sp³-hybridized carbons (Fsp3) is 0.273. The fourth-order valence-electron chi connectivity index (χ4n) is 3.39. The predicted octanol–water partition coefficient (Wildman–Crippen LogP) is 5.34. The number of anilines is 1. The smallest absolute Gasteiger partial charge is 0.257 e. The van der Waals surface area contributed by atoms with E-state index in [-0.39, 0.29) is 5.91 Å². The van der Waals surface area contributed by atoms with Crippen LogP contribution in [0.15, 0.2) is 47.8 Å². The van der Waals surface area contributed by atoms with E-state index >= 15 is 0 Å². The van der Waals surface area contributed by atoms with Gasteiger partial charge in [0.15, 0.2) is 5.13 Å². The number of aryl methyl sites for hydroxylation is 2. The first kappa shape index (κ1) is 17.7. The standard InChI is InChI=1S/C22H22N2O2S/c1-2-26-19-11-9-16(10-12-19)21(25)24-22-23-20(14-27-22)18-8-7-15-5-3-4-6-17(15)13-18/h7-14H,2-6H2,1H3,(H,23,24,25). The summed E-state index contributed by atoms with van der Waals surface area (Å²) in [6, 6.07) is 13.7. The number of carbonyl (C=O) groups excluding carboxylic acids is 1. The molecular formula is C22H22N2O2S. The van der Waals surface area contributed by atoms with E-state index in [0.717, 1.165) is 23.4 Å². The number of hydrogen-bond acceptors (Lipinski definition) is 4. The summed E-state index contributed by atoms with van der Waals surface area (Å²) in [4.78, 5) is 17.0. The van der Waals surface area contributed by atoms with Crippen LogP contribution in [0.2, 0.25) is 0 Å². The summed E-state index contributed by atoms with van der Waals surface area (Å²) in [6.45, 7) is 2.54. The molecule has 0 saturated carbocycles. The van der Waals surface area contributed by atoms with Crippen LogP contribution in [-0.2, 0) is 12.8 Å². The lowest BCUT2D eigenvalue weighted by molar-refractivity contribution is 0.102. The zero-order valence-electron chi connectivity index (χ0n) is 15.3. The quantitative estimate of drug-likeness (QED) is 0.652. The van der Waals surface area contributed by atoms with E-state index in [2.05, 4.69) is 28.5 Å². The summed E-state index contributed by atoms with van der Waals surface area (Å²) in [6.07, 6.45) is 4.87. The Morgan fingerprint density at radius 1 is 1.11 bits per heavy atom. The lowest BCUT2D eigenvalue weighted by atomic mass is 9.90. The van der Waals surface area contributed by atoms with E-state index in [9.17, 15) is 4.79 Å². The van der Waals surface area contributed by atoms with Crippen molar-refractivity contribution >= 4 is 22.4 Å². The Morgan fingerprint density at radius 2 is 1.89 bits per heavy atom. The van der Waals surface area contributed by atoms with E-state index in [4.69, 9.17) is 4.74 Å². The van der Waals surface area contributed by atoms with Crippen molar-refractivity contribution in [2.24, 2.45) is 0 Å². The summed E-state index contributed by atoms with van der Waals surface area (Å²) < 4.78 is 5.41. The van der Waals surface area contributed by atoms with Crippen molar-refractivity contribution in [3.63, 3.8) is 0 Å². The highest BCUT2D eigenvalue weighted by atomic mass is 32.1. The van der Waals surface area contributed by atoms with Crippen molar-refractivity contribution in [1.29, 1.82) is 0 Å². The van der Waals surface area contributed by atoms with Gasteiger partial charge < -0.3 is 4.74 Å². The van der Waals surface area contributed by atoms with Gasteiger partial charge in [0, 0.05) is 16.5 Å². The first-order valence-corrected chi connectivity index (χ1v) is 10.2. The number of rotatable bonds is 5. The number of nitrogens with zero attached hydrogens (tertiary/aromatic N) is 1. The van der Waals surface area contributed by atoms with Gasteiger partial charge in [0.25, 0.3) is 5.91 Å². The lowest BCUT2D eigenvalue weighted by Crippen LogP contribution is -2.11. The van der Waals surface area contributed by atoms with Gasteiger partial charge in [-0.2, -0.15) is 0 Å². The summed E-state index contributed by atoms with van der Waals surface area (Å²) >= 11 is 1.45. The third-order valence-corrected chi connectivity index (χ3v) is 5.55. The van der Waals surface area contributed by atoms with E-state index in [1.54, 1.807) is 24.3 Å². The van der Waals surface area contributed by atoms with Gasteiger partial charge in [-0.05, 0) is 74.1 Å². The third-order valence-electron chi connectivity index (χ3n) is 4.80. The zero-order chi connectivity index (χ0) is 18.6. The van der Waals surface area contributed by atoms with Crippen molar-refractivity contribution in [1.82, 2.24) is 4.98 Å². The molecule has 0 bridgehead atoms. The molecule has 0 saturated heterocycles. The van der Waals surface area contributed by atoms with Crippen LogP contribution in [0.3, 0.4) is 0 Å². The molecule has 0 atom stereocenters. The summed E-state index contributed by atoms with van der Waals surface area (Å²) in [7, 11) is 0. The summed E-state index contributed by atoms with van der Waals surface area (Å²) in [5.41, 5.74) is 5.52. The second-order valence-electron chi connectivity index (χ2n) is 6.64. The average Bonchev–Trinajstić information content (AvgIpc) is 3.17. The van der Waals surface area contributed by atoms with Crippen LogP contribution in [0.5, 0.6) is 5.75 Å². The average molecular weight is 378 g/mol. The Morgan fingerprint density at radius 3 is 2.67 bits per heavy atom. The molecule has 0 spiro atoms. The van der Waals surface area contributed by atoms with Gasteiger partial charge >= 0.3 is 0 Å². The minimum Gasteiger partial charge on any atom is -0.494 e. The van der Waals surface area contributed by atoms with Crippen molar-refractivity contribution in [2.75, 3.05) is 11.9 Å². The molecule has 0 aliphatic heterocycles. The minimum absolute atomic E-state index is 0.163. The number of fused-ring (bicyclic) bond motifs is 1. The highest BCUT2D eigenvalue weighted by Gasteiger charge is 2.13. The van der Waals surface area contributed by atoms with Crippen molar-refractivity contribution in [3.05, 3.63) is 64.5 Å². The number of amides is 1.